The number of hydrogen-bond acceptors (Lipinski definition) is 6. The van der Waals surface area contributed by atoms with Crippen molar-refractivity contribution in [3.63, 3.8) is 0 Å². The standard InChI is InChI=1S/2C3H6N2O/c2*4-3-5-1-2-6-3/h2*1-2H2,(H2,4,5). The van der Waals surface area contributed by atoms with E-state index < -0.39 is 0 Å². The molecule has 0 aromatic rings. The second kappa shape index (κ2) is 4.42. The van der Waals surface area contributed by atoms with E-state index >= 15 is 0 Å². The van der Waals surface area contributed by atoms with Gasteiger partial charge in [0.15, 0.2) is 0 Å². The van der Waals surface area contributed by atoms with Crippen LogP contribution in [0.2, 0.25) is 0 Å². The van der Waals surface area contributed by atoms with E-state index in [0.717, 1.165) is 13.1 Å². The molecule has 0 unspecified atom stereocenters. The Morgan fingerprint density at radius 3 is 1.42 bits per heavy atom. The smallest absolute Gasteiger partial charge is 0.282 e. The maximum absolute atomic E-state index is 5.06. The number of nitrogens with zero attached hydrogens (tertiary/aromatic N) is 2. The van der Waals surface area contributed by atoms with Gasteiger partial charge in [0.25, 0.3) is 12.0 Å². The molecule has 2 heterocycles. The summed E-state index contributed by atoms with van der Waals surface area (Å²) in [6, 6.07) is 0.657. The number of ether oxygens (including phenoxy) is 2. The topological polar surface area (TPSA) is 95.2 Å². The van der Waals surface area contributed by atoms with Crippen LogP contribution in [0, 0.1) is 0 Å². The molecule has 0 fully saturated rings. The van der Waals surface area contributed by atoms with Gasteiger partial charge in [-0.05, 0) is 0 Å². The molecule has 0 aliphatic carbocycles. The second-order valence-corrected chi connectivity index (χ2v) is 2.14. The van der Waals surface area contributed by atoms with Crippen molar-refractivity contribution in [1.29, 1.82) is 0 Å². The fraction of sp³-hybridized carbons (Fsp3) is 0.667. The Balaban J connectivity index is 0.000000120. The normalized spacial score (nSPS) is 19.7. The number of hydrogen-bond donors (Lipinski definition) is 2. The molecule has 0 spiro atoms. The second-order valence-electron chi connectivity index (χ2n) is 2.14. The molecule has 6 heteroatoms. The summed E-state index contributed by atoms with van der Waals surface area (Å²) < 4.78 is 9.36. The molecular weight excluding hydrogens is 160 g/mol. The van der Waals surface area contributed by atoms with E-state index in [4.69, 9.17) is 11.5 Å². The minimum absolute atomic E-state index is 0.329. The zero-order chi connectivity index (χ0) is 8.81. The van der Waals surface area contributed by atoms with Gasteiger partial charge in [-0.2, -0.15) is 0 Å². The lowest BCUT2D eigenvalue weighted by Crippen LogP contribution is -2.10. The van der Waals surface area contributed by atoms with Crippen LogP contribution in [0.1, 0.15) is 0 Å². The molecule has 2 rings (SSSR count). The average Bonchev–Trinajstić information content (AvgIpc) is 2.63. The van der Waals surface area contributed by atoms with Crippen LogP contribution in [0.25, 0.3) is 0 Å². The summed E-state index contributed by atoms with van der Waals surface area (Å²) in [5.41, 5.74) is 10.1. The van der Waals surface area contributed by atoms with Crippen molar-refractivity contribution >= 4 is 12.0 Å². The predicted octanol–water partition coefficient (Wildman–Crippen LogP) is -1.34. The molecule has 0 atom stereocenters. The lowest BCUT2D eigenvalue weighted by molar-refractivity contribution is 0.342. The molecule has 0 amide bonds. The van der Waals surface area contributed by atoms with Gasteiger partial charge in [0.1, 0.15) is 13.2 Å². The molecule has 2 aliphatic heterocycles. The molecule has 2 aliphatic rings. The Bertz CT molecular complexity index is 180. The predicted molar refractivity (Wildman–Crippen MR) is 44.9 cm³/mol. The Hall–Kier alpha value is -1.46. The third-order valence-electron chi connectivity index (χ3n) is 1.22. The SMILES string of the molecule is NC1=NCCO1.NC1=NCCO1. The van der Waals surface area contributed by atoms with Gasteiger partial charge in [-0.1, -0.05) is 0 Å². The lowest BCUT2D eigenvalue weighted by Gasteiger charge is -1.86. The van der Waals surface area contributed by atoms with Gasteiger partial charge in [0.2, 0.25) is 0 Å². The zero-order valence-corrected chi connectivity index (χ0v) is 6.69. The number of amidine groups is 2. The molecule has 0 bridgehead atoms. The highest BCUT2D eigenvalue weighted by atomic mass is 16.5. The molecule has 0 saturated heterocycles. The maximum atomic E-state index is 5.06. The van der Waals surface area contributed by atoms with Gasteiger partial charge in [-0.25, -0.2) is 9.98 Å². The average molecular weight is 172 g/mol. The largest absolute Gasteiger partial charge is 0.463 e. The first-order valence-corrected chi connectivity index (χ1v) is 3.64. The fourth-order valence-electron chi connectivity index (χ4n) is 0.703. The summed E-state index contributed by atoms with van der Waals surface area (Å²) in [5, 5.41) is 0. The van der Waals surface area contributed by atoms with E-state index in [2.05, 4.69) is 19.5 Å². The third-order valence-corrected chi connectivity index (χ3v) is 1.22. The van der Waals surface area contributed by atoms with Crippen molar-refractivity contribution in [3.05, 3.63) is 0 Å². The van der Waals surface area contributed by atoms with Crippen molar-refractivity contribution in [2.75, 3.05) is 26.3 Å². The van der Waals surface area contributed by atoms with Crippen LogP contribution >= 0.6 is 0 Å². The molecule has 6 nitrogen and oxygen atoms in total. The zero-order valence-electron chi connectivity index (χ0n) is 6.69. The number of aliphatic imine (C=N–C) groups is 2. The monoisotopic (exact) mass is 172 g/mol. The van der Waals surface area contributed by atoms with Gasteiger partial charge in [0, 0.05) is 0 Å². The number of rotatable bonds is 0. The molecule has 0 radical (unpaired) electrons. The van der Waals surface area contributed by atoms with Gasteiger partial charge >= 0.3 is 0 Å². The van der Waals surface area contributed by atoms with Crippen molar-refractivity contribution < 1.29 is 9.47 Å². The third kappa shape index (κ3) is 3.09. The van der Waals surface area contributed by atoms with Gasteiger partial charge in [-0.3, -0.25) is 0 Å². The summed E-state index contributed by atoms with van der Waals surface area (Å²) in [5.74, 6) is 0. The van der Waals surface area contributed by atoms with Crippen molar-refractivity contribution in [1.82, 2.24) is 0 Å². The summed E-state index contributed by atoms with van der Waals surface area (Å²) in [7, 11) is 0. The number of nitrogens with two attached hydrogens (primary N) is 2. The Morgan fingerprint density at radius 2 is 1.33 bits per heavy atom. The summed E-state index contributed by atoms with van der Waals surface area (Å²) in [4.78, 5) is 7.42. The molecule has 4 N–H and O–H groups in total. The van der Waals surface area contributed by atoms with Crippen LogP contribution in [-0.2, 0) is 9.47 Å². The minimum atomic E-state index is 0.329. The Kier molecular flexibility index (Phi) is 3.18. The molecule has 0 aromatic heterocycles. The minimum Gasteiger partial charge on any atom is -0.463 e. The summed E-state index contributed by atoms with van der Waals surface area (Å²) in [6.07, 6.45) is 0. The maximum Gasteiger partial charge on any atom is 0.282 e. The van der Waals surface area contributed by atoms with Gasteiger partial charge in [-0.15, -0.1) is 0 Å². The highest BCUT2D eigenvalue weighted by Crippen LogP contribution is 1.85. The highest BCUT2D eigenvalue weighted by Gasteiger charge is 1.97. The molecule has 0 saturated carbocycles. The molecule has 68 valence electrons. The van der Waals surface area contributed by atoms with Crippen LogP contribution in [0.15, 0.2) is 9.98 Å². The van der Waals surface area contributed by atoms with E-state index in [0.29, 0.717) is 25.3 Å². The summed E-state index contributed by atoms with van der Waals surface area (Å²) in [6.45, 7) is 2.77. The molecule has 12 heavy (non-hydrogen) atoms. The van der Waals surface area contributed by atoms with Crippen LogP contribution in [0.3, 0.4) is 0 Å². The van der Waals surface area contributed by atoms with Gasteiger partial charge < -0.3 is 20.9 Å². The fourth-order valence-corrected chi connectivity index (χ4v) is 0.703. The Morgan fingerprint density at radius 1 is 0.917 bits per heavy atom. The van der Waals surface area contributed by atoms with E-state index in [1.165, 1.54) is 0 Å². The van der Waals surface area contributed by atoms with Crippen LogP contribution < -0.4 is 11.5 Å². The highest BCUT2D eigenvalue weighted by molar-refractivity contribution is 5.72. The van der Waals surface area contributed by atoms with Crippen LogP contribution in [0.4, 0.5) is 0 Å². The van der Waals surface area contributed by atoms with Crippen molar-refractivity contribution in [3.8, 4) is 0 Å². The molecular formula is C6H12N4O2. The van der Waals surface area contributed by atoms with E-state index in [1.54, 1.807) is 0 Å². The van der Waals surface area contributed by atoms with E-state index in [-0.39, 0.29) is 0 Å². The first kappa shape index (κ1) is 8.63. The van der Waals surface area contributed by atoms with Crippen LogP contribution in [0.5, 0.6) is 0 Å². The van der Waals surface area contributed by atoms with Crippen LogP contribution in [-0.4, -0.2) is 38.3 Å². The quantitative estimate of drug-likeness (QED) is 0.473. The lowest BCUT2D eigenvalue weighted by atomic mass is 10.8. The summed E-state index contributed by atoms with van der Waals surface area (Å²) >= 11 is 0. The van der Waals surface area contributed by atoms with Crippen molar-refractivity contribution in [2.24, 2.45) is 21.5 Å². The molecule has 0 aromatic carbocycles. The first-order chi connectivity index (χ1) is 5.79. The van der Waals surface area contributed by atoms with Gasteiger partial charge in [0.05, 0.1) is 13.1 Å². The van der Waals surface area contributed by atoms with Crippen molar-refractivity contribution in [2.45, 2.75) is 0 Å². The van der Waals surface area contributed by atoms with E-state index in [1.807, 2.05) is 0 Å². The van der Waals surface area contributed by atoms with E-state index in [9.17, 15) is 0 Å². The Labute approximate surface area is 70.3 Å². The first-order valence-electron chi connectivity index (χ1n) is 3.64.